The number of ether oxygens (including phenoxy) is 1. The Kier molecular flexibility index (Phi) is 4.01. The van der Waals surface area contributed by atoms with E-state index in [4.69, 9.17) is 4.74 Å². The summed E-state index contributed by atoms with van der Waals surface area (Å²) < 4.78 is 5.05. The van der Waals surface area contributed by atoms with Gasteiger partial charge in [-0.15, -0.1) is 11.8 Å². The summed E-state index contributed by atoms with van der Waals surface area (Å²) in [5, 5.41) is 23.7. The van der Waals surface area contributed by atoms with Gasteiger partial charge in [0.1, 0.15) is 11.4 Å². The van der Waals surface area contributed by atoms with Crippen LogP contribution in [0.3, 0.4) is 0 Å². The molecule has 0 saturated carbocycles. The smallest absolute Gasteiger partial charge is 0.240 e. The lowest BCUT2D eigenvalue weighted by Crippen LogP contribution is -2.35. The third-order valence-corrected chi connectivity index (χ3v) is 3.97. The van der Waals surface area contributed by atoms with Crippen molar-refractivity contribution in [2.45, 2.75) is 18.3 Å². The summed E-state index contributed by atoms with van der Waals surface area (Å²) in [6, 6.07) is 3.19. The quantitative estimate of drug-likeness (QED) is 0.781. The number of rotatable bonds is 3. The number of phenolic OH excluding ortho intramolecular Hbond substituents is 1. The van der Waals surface area contributed by atoms with Crippen LogP contribution >= 0.6 is 11.8 Å². The Morgan fingerprint density at radius 2 is 2.21 bits per heavy atom. The molecule has 1 heterocycles. The topological polar surface area (TPSA) is 78.8 Å². The van der Waals surface area contributed by atoms with E-state index in [-0.39, 0.29) is 17.4 Å². The first-order valence-corrected chi connectivity index (χ1v) is 6.65. The first kappa shape index (κ1) is 13.8. The maximum absolute atomic E-state index is 11.7. The predicted molar refractivity (Wildman–Crippen MR) is 73.0 cm³/mol. The van der Waals surface area contributed by atoms with Crippen LogP contribution in [0.2, 0.25) is 0 Å². The van der Waals surface area contributed by atoms with E-state index in [2.05, 4.69) is 5.32 Å². The highest BCUT2D eigenvalue weighted by Crippen LogP contribution is 2.36. The number of amides is 1. The van der Waals surface area contributed by atoms with Crippen molar-refractivity contribution in [1.29, 1.82) is 0 Å². The molecule has 6 heteroatoms. The Bertz CT molecular complexity index is 530. The monoisotopic (exact) mass is 281 g/mol. The fourth-order valence-electron chi connectivity index (χ4n) is 1.88. The fraction of sp³-hybridized carbons (Fsp3) is 0.308. The normalized spacial score (nSPS) is 19.9. The molecule has 1 aliphatic heterocycles. The molecule has 0 bridgehead atoms. The van der Waals surface area contributed by atoms with Crippen molar-refractivity contribution >= 4 is 17.7 Å². The Hall–Kier alpha value is -1.66. The lowest BCUT2D eigenvalue weighted by atomic mass is 10.0. The summed E-state index contributed by atoms with van der Waals surface area (Å²) in [6.07, 6.45) is 0.571. The molecular weight excluding hydrogens is 266 g/mol. The van der Waals surface area contributed by atoms with Crippen molar-refractivity contribution in [1.82, 2.24) is 5.32 Å². The van der Waals surface area contributed by atoms with Gasteiger partial charge in [-0.1, -0.05) is 0 Å². The first-order chi connectivity index (χ1) is 9.04. The molecule has 1 aliphatic rings. The van der Waals surface area contributed by atoms with Crippen LogP contribution in [0.4, 0.5) is 0 Å². The fourth-order valence-corrected chi connectivity index (χ4v) is 2.69. The van der Waals surface area contributed by atoms with Gasteiger partial charge in [0.25, 0.3) is 0 Å². The number of hydrogen-bond acceptors (Lipinski definition) is 5. The Labute approximate surface area is 115 Å². The van der Waals surface area contributed by atoms with Crippen LogP contribution in [0.15, 0.2) is 23.7 Å². The molecule has 5 nitrogen and oxygen atoms in total. The molecule has 102 valence electrons. The number of aliphatic hydroxyl groups excluding tert-OH is 1. The number of hydrogen-bond donors (Lipinski definition) is 3. The van der Waals surface area contributed by atoms with Gasteiger partial charge >= 0.3 is 0 Å². The zero-order valence-electron chi connectivity index (χ0n) is 10.6. The van der Waals surface area contributed by atoms with Crippen LogP contribution in [0.5, 0.6) is 11.5 Å². The summed E-state index contributed by atoms with van der Waals surface area (Å²) in [5.74, 6) is 0.0783. The van der Waals surface area contributed by atoms with Crippen molar-refractivity contribution in [2.24, 2.45) is 0 Å². The van der Waals surface area contributed by atoms with E-state index in [0.29, 0.717) is 11.1 Å². The van der Waals surface area contributed by atoms with Gasteiger partial charge in [-0.25, -0.2) is 0 Å². The van der Waals surface area contributed by atoms with Gasteiger partial charge in [0, 0.05) is 6.20 Å². The van der Waals surface area contributed by atoms with Crippen molar-refractivity contribution in [3.05, 3.63) is 34.9 Å². The van der Waals surface area contributed by atoms with Crippen LogP contribution in [0.25, 0.3) is 0 Å². The average molecular weight is 281 g/mol. The van der Waals surface area contributed by atoms with Gasteiger partial charge < -0.3 is 20.3 Å². The summed E-state index contributed by atoms with van der Waals surface area (Å²) in [4.78, 5) is 11.7. The number of carbonyl (C=O) groups is 1. The highest BCUT2D eigenvalue weighted by atomic mass is 32.2. The molecule has 1 amide bonds. The third-order valence-electron chi connectivity index (χ3n) is 2.91. The number of aliphatic hydroxyl groups is 1. The summed E-state index contributed by atoms with van der Waals surface area (Å²) in [6.45, 7) is 1.71. The van der Waals surface area contributed by atoms with E-state index in [1.807, 2.05) is 0 Å². The maximum Gasteiger partial charge on any atom is 0.240 e. The molecule has 2 unspecified atom stereocenters. The zero-order valence-corrected chi connectivity index (χ0v) is 11.4. The number of methoxy groups -OCH3 is 1. The number of aryl methyl sites for hydroxylation is 1. The van der Waals surface area contributed by atoms with Gasteiger partial charge in [-0.3, -0.25) is 4.79 Å². The molecule has 2 rings (SSSR count). The molecule has 3 N–H and O–H groups in total. The summed E-state index contributed by atoms with van der Waals surface area (Å²) in [5.41, 5.74) is 1.13. The molecule has 1 aromatic carbocycles. The molecule has 0 radical (unpaired) electrons. The number of aromatic hydroxyl groups is 1. The van der Waals surface area contributed by atoms with Crippen LogP contribution in [-0.2, 0) is 4.79 Å². The zero-order chi connectivity index (χ0) is 14.0. The second-order valence-electron chi connectivity index (χ2n) is 4.20. The Morgan fingerprint density at radius 3 is 2.84 bits per heavy atom. The minimum atomic E-state index is -0.969. The molecule has 0 aromatic heterocycles. The van der Waals surface area contributed by atoms with E-state index < -0.39 is 11.4 Å². The van der Waals surface area contributed by atoms with Crippen molar-refractivity contribution in [3.63, 3.8) is 0 Å². The lowest BCUT2D eigenvalue weighted by molar-refractivity contribution is -0.121. The van der Waals surface area contributed by atoms with Crippen LogP contribution < -0.4 is 10.1 Å². The molecule has 1 aromatic rings. The van der Waals surface area contributed by atoms with E-state index in [9.17, 15) is 15.0 Å². The number of nitrogens with one attached hydrogen (secondary N) is 1. The van der Waals surface area contributed by atoms with E-state index in [1.165, 1.54) is 18.9 Å². The average Bonchev–Trinajstić information content (AvgIpc) is 2.41. The third kappa shape index (κ3) is 2.69. The highest BCUT2D eigenvalue weighted by molar-refractivity contribution is 8.03. The summed E-state index contributed by atoms with van der Waals surface area (Å²) in [7, 11) is 1.44. The number of carbonyl (C=O) groups excluding carboxylic acids is 1. The molecule has 0 fully saturated rings. The molecule has 19 heavy (non-hydrogen) atoms. The largest absolute Gasteiger partial charge is 0.504 e. The number of thioether (sulfide) groups is 1. The first-order valence-electron chi connectivity index (χ1n) is 5.71. The predicted octanol–water partition coefficient (Wildman–Crippen LogP) is 1.45. The highest BCUT2D eigenvalue weighted by Gasteiger charge is 2.30. The van der Waals surface area contributed by atoms with Crippen molar-refractivity contribution in [3.8, 4) is 11.5 Å². The lowest BCUT2D eigenvalue weighted by Gasteiger charge is -2.23. The van der Waals surface area contributed by atoms with E-state index in [0.717, 1.165) is 0 Å². The van der Waals surface area contributed by atoms with E-state index in [1.54, 1.807) is 30.7 Å². The Balaban J connectivity index is 2.33. The van der Waals surface area contributed by atoms with Gasteiger partial charge in [-0.05, 0) is 35.6 Å². The maximum atomic E-state index is 11.7. The van der Waals surface area contributed by atoms with E-state index >= 15 is 0 Å². The van der Waals surface area contributed by atoms with Crippen LogP contribution in [0.1, 0.15) is 17.2 Å². The minimum absolute atomic E-state index is 0.0408. The minimum Gasteiger partial charge on any atom is -0.504 e. The standard InChI is InChI=1S/C13H15NO4S/c1-7-5-8(6-9(18-2)10(7)15)11(16)12-13(17)14-3-4-19-12/h3-6,11-12,15-16H,1-2H3,(H,14,17). The van der Waals surface area contributed by atoms with Gasteiger partial charge in [0.15, 0.2) is 11.5 Å². The molecule has 2 atom stereocenters. The Morgan fingerprint density at radius 1 is 1.47 bits per heavy atom. The summed E-state index contributed by atoms with van der Waals surface area (Å²) >= 11 is 1.25. The van der Waals surface area contributed by atoms with Crippen molar-refractivity contribution in [2.75, 3.05) is 7.11 Å². The van der Waals surface area contributed by atoms with Gasteiger partial charge in [0.2, 0.25) is 5.91 Å². The van der Waals surface area contributed by atoms with Crippen LogP contribution in [0, 0.1) is 6.92 Å². The van der Waals surface area contributed by atoms with Crippen LogP contribution in [-0.4, -0.2) is 28.5 Å². The van der Waals surface area contributed by atoms with Gasteiger partial charge in [0.05, 0.1) is 7.11 Å². The molecule has 0 saturated heterocycles. The van der Waals surface area contributed by atoms with Crippen molar-refractivity contribution < 1.29 is 19.7 Å². The second kappa shape index (κ2) is 5.54. The second-order valence-corrected chi connectivity index (χ2v) is 5.25. The molecule has 0 spiro atoms. The molecule has 0 aliphatic carbocycles. The number of benzene rings is 1. The molecular formula is C13H15NO4S. The number of phenols is 1. The van der Waals surface area contributed by atoms with Gasteiger partial charge in [-0.2, -0.15) is 0 Å². The SMILES string of the molecule is COc1cc(C(O)C2SC=CNC2=O)cc(C)c1O.